The van der Waals surface area contributed by atoms with Gasteiger partial charge < -0.3 is 5.11 Å². The molecule has 1 nitrogen and oxygen atoms in total. The van der Waals surface area contributed by atoms with Gasteiger partial charge in [0.2, 0.25) is 5.82 Å². The number of benzene rings is 1. The van der Waals surface area contributed by atoms with Crippen molar-refractivity contribution in [1.29, 1.82) is 0 Å². The van der Waals surface area contributed by atoms with Gasteiger partial charge in [-0.1, -0.05) is 0 Å². The molecule has 1 aromatic carbocycles. The van der Waals surface area contributed by atoms with Crippen molar-refractivity contribution < 1.29 is 40.2 Å². The molecule has 96 valence electrons. The van der Waals surface area contributed by atoms with Crippen LogP contribution in [0.25, 0.3) is 0 Å². The Morgan fingerprint density at radius 1 is 0.706 bits per heavy atom. The summed E-state index contributed by atoms with van der Waals surface area (Å²) in [6, 6.07) is 0. The first-order valence-electron chi connectivity index (χ1n) is 3.85. The van der Waals surface area contributed by atoms with E-state index in [4.69, 9.17) is 5.11 Å². The van der Waals surface area contributed by atoms with Crippen LogP contribution in [-0.2, 0) is 0 Å². The van der Waals surface area contributed by atoms with Crippen molar-refractivity contribution in [3.63, 3.8) is 0 Å². The number of halogens is 8. The highest BCUT2D eigenvalue weighted by Gasteiger charge is 2.44. The van der Waals surface area contributed by atoms with E-state index in [2.05, 4.69) is 0 Å². The average molecular weight is 266 g/mol. The minimum absolute atomic E-state index is 2.33. The Kier molecular flexibility index (Phi) is 3.33. The van der Waals surface area contributed by atoms with Gasteiger partial charge in [-0.15, -0.1) is 0 Å². The molecule has 1 aromatic rings. The zero-order valence-corrected chi connectivity index (χ0v) is 7.55. The van der Waals surface area contributed by atoms with Crippen molar-refractivity contribution in [1.82, 2.24) is 0 Å². The highest BCUT2D eigenvalue weighted by atomic mass is 19.4. The second kappa shape index (κ2) is 4.13. The van der Waals surface area contributed by atoms with Gasteiger partial charge in [-0.25, -0.2) is 22.0 Å². The number of aliphatic hydroxyl groups excluding tert-OH is 1. The maximum absolute atomic E-state index is 12.8. The topological polar surface area (TPSA) is 20.2 Å². The molecule has 0 heterocycles. The van der Waals surface area contributed by atoms with Crippen LogP contribution in [0, 0.1) is 29.1 Å². The van der Waals surface area contributed by atoms with Crippen molar-refractivity contribution in [2.45, 2.75) is 12.3 Å². The van der Waals surface area contributed by atoms with E-state index in [1.165, 1.54) is 0 Å². The molecule has 0 amide bonds. The Bertz CT molecular complexity index is 423. The van der Waals surface area contributed by atoms with Crippen LogP contribution in [0.5, 0.6) is 0 Å². The zero-order chi connectivity index (χ0) is 13.5. The second-order valence-electron chi connectivity index (χ2n) is 2.93. The second-order valence-corrected chi connectivity index (χ2v) is 2.93. The highest BCUT2D eigenvalue weighted by Crippen LogP contribution is 2.37. The first-order valence-corrected chi connectivity index (χ1v) is 3.85. The summed E-state index contributed by atoms with van der Waals surface area (Å²) in [6.45, 7) is 0. The number of alkyl halides is 3. The summed E-state index contributed by atoms with van der Waals surface area (Å²) in [7, 11) is 0. The predicted octanol–water partition coefficient (Wildman–Crippen LogP) is 2.98. The van der Waals surface area contributed by atoms with Gasteiger partial charge in [0.1, 0.15) is 0 Å². The van der Waals surface area contributed by atoms with Gasteiger partial charge in [-0.2, -0.15) is 13.2 Å². The Balaban J connectivity index is 3.55. The van der Waals surface area contributed by atoms with Crippen LogP contribution in [0.4, 0.5) is 35.1 Å². The van der Waals surface area contributed by atoms with E-state index in [-0.39, 0.29) is 0 Å². The summed E-state index contributed by atoms with van der Waals surface area (Å²) in [5, 5.41) is 8.50. The normalized spacial score (nSPS) is 13.9. The van der Waals surface area contributed by atoms with Crippen LogP contribution >= 0.6 is 0 Å². The van der Waals surface area contributed by atoms with Gasteiger partial charge in [-0.3, -0.25) is 0 Å². The maximum Gasteiger partial charge on any atom is 0.418 e. The molecule has 0 spiro atoms. The molecule has 0 aliphatic heterocycles. The van der Waals surface area contributed by atoms with Gasteiger partial charge in [0.05, 0.1) is 5.56 Å². The lowest BCUT2D eigenvalue weighted by Gasteiger charge is -2.16. The minimum atomic E-state index is -5.56. The average Bonchev–Trinajstić information content (AvgIpc) is 2.22. The molecule has 9 heteroatoms. The Morgan fingerprint density at radius 3 is 1.29 bits per heavy atom. The first kappa shape index (κ1) is 13.7. The zero-order valence-electron chi connectivity index (χ0n) is 7.55. The van der Waals surface area contributed by atoms with E-state index < -0.39 is 46.9 Å². The summed E-state index contributed by atoms with van der Waals surface area (Å²) >= 11 is 0. The van der Waals surface area contributed by atoms with Gasteiger partial charge in [0.25, 0.3) is 0 Å². The van der Waals surface area contributed by atoms with Crippen LogP contribution in [0.2, 0.25) is 0 Å². The summed E-state index contributed by atoms with van der Waals surface area (Å²) in [5.74, 6) is -13.1. The number of hydrogen-bond donors (Lipinski definition) is 1. The smallest absolute Gasteiger partial charge is 0.379 e. The van der Waals surface area contributed by atoms with Crippen molar-refractivity contribution in [2.24, 2.45) is 0 Å². The third kappa shape index (κ3) is 2.19. The van der Waals surface area contributed by atoms with Gasteiger partial charge >= 0.3 is 6.18 Å². The number of rotatable bonds is 1. The monoisotopic (exact) mass is 266 g/mol. The van der Waals surface area contributed by atoms with Crippen molar-refractivity contribution in [3.05, 3.63) is 34.6 Å². The fourth-order valence-electron chi connectivity index (χ4n) is 1.03. The largest absolute Gasteiger partial charge is 0.418 e. The summed E-state index contributed by atoms with van der Waals surface area (Å²) in [5.41, 5.74) is -2.33. The first-order chi connectivity index (χ1) is 7.59. The molecule has 0 saturated heterocycles. The van der Waals surface area contributed by atoms with Crippen LogP contribution in [0.15, 0.2) is 0 Å². The van der Waals surface area contributed by atoms with Gasteiger partial charge in [0.15, 0.2) is 29.4 Å². The summed E-state index contributed by atoms with van der Waals surface area (Å²) in [6.07, 6.45) is -9.36. The van der Waals surface area contributed by atoms with Crippen LogP contribution in [0.1, 0.15) is 11.7 Å². The molecule has 1 unspecified atom stereocenters. The van der Waals surface area contributed by atoms with Crippen LogP contribution < -0.4 is 0 Å². The van der Waals surface area contributed by atoms with E-state index in [0.29, 0.717) is 0 Å². The third-order valence-corrected chi connectivity index (χ3v) is 1.83. The lowest BCUT2D eigenvalue weighted by atomic mass is 10.1. The van der Waals surface area contributed by atoms with Gasteiger partial charge in [-0.05, 0) is 0 Å². The van der Waals surface area contributed by atoms with Crippen molar-refractivity contribution >= 4 is 0 Å². The molecule has 0 bridgehead atoms. The lowest BCUT2D eigenvalue weighted by molar-refractivity contribution is -0.208. The van der Waals surface area contributed by atoms with Crippen molar-refractivity contribution in [2.75, 3.05) is 0 Å². The quantitative estimate of drug-likeness (QED) is 0.470. The molecule has 0 saturated carbocycles. The molecule has 1 rings (SSSR count). The molecular formula is C8H2F8O. The molecule has 0 aliphatic rings. The molecule has 0 aliphatic carbocycles. The van der Waals surface area contributed by atoms with Gasteiger partial charge in [0, 0.05) is 0 Å². The van der Waals surface area contributed by atoms with Crippen LogP contribution in [-0.4, -0.2) is 11.3 Å². The fraction of sp³-hybridized carbons (Fsp3) is 0.250. The molecule has 0 aromatic heterocycles. The lowest BCUT2D eigenvalue weighted by Crippen LogP contribution is -2.24. The molecule has 0 radical (unpaired) electrons. The van der Waals surface area contributed by atoms with E-state index in [1.54, 1.807) is 0 Å². The molecule has 1 N–H and O–H groups in total. The standard InChI is InChI=1S/C8H2F8O/c9-2-1(7(17)8(14,15)16)3(10)5(12)6(13)4(2)11/h7,17H. The Hall–Kier alpha value is -1.38. The van der Waals surface area contributed by atoms with E-state index in [0.717, 1.165) is 0 Å². The fourth-order valence-corrected chi connectivity index (χ4v) is 1.03. The van der Waals surface area contributed by atoms with Crippen LogP contribution in [0.3, 0.4) is 0 Å². The number of hydrogen-bond acceptors (Lipinski definition) is 1. The van der Waals surface area contributed by atoms with E-state index >= 15 is 0 Å². The minimum Gasteiger partial charge on any atom is -0.379 e. The SMILES string of the molecule is OC(c1c(F)c(F)c(F)c(F)c1F)C(F)(F)F. The molecule has 17 heavy (non-hydrogen) atoms. The van der Waals surface area contributed by atoms with E-state index in [1.807, 2.05) is 0 Å². The molecule has 0 fully saturated rings. The molecular weight excluding hydrogens is 264 g/mol. The summed E-state index contributed by atoms with van der Waals surface area (Å²) in [4.78, 5) is 0. The van der Waals surface area contributed by atoms with E-state index in [9.17, 15) is 35.1 Å². The predicted molar refractivity (Wildman–Crippen MR) is 37.2 cm³/mol. The Labute approximate surface area is 88.3 Å². The third-order valence-electron chi connectivity index (χ3n) is 1.83. The Morgan fingerprint density at radius 2 is 1.00 bits per heavy atom. The number of aliphatic hydroxyl groups is 1. The highest BCUT2D eigenvalue weighted by molar-refractivity contribution is 5.26. The molecule has 1 atom stereocenters. The summed E-state index contributed by atoms with van der Waals surface area (Å²) < 4.78 is 98.9. The van der Waals surface area contributed by atoms with Crippen molar-refractivity contribution in [3.8, 4) is 0 Å². The maximum atomic E-state index is 12.8.